The van der Waals surface area contributed by atoms with Gasteiger partial charge in [-0.25, -0.2) is 9.78 Å². The highest BCUT2D eigenvalue weighted by Crippen LogP contribution is 2.47. The number of ether oxygens (including phenoxy) is 3. The van der Waals surface area contributed by atoms with Crippen molar-refractivity contribution in [2.75, 3.05) is 56.1 Å². The first-order valence-corrected chi connectivity index (χ1v) is 11.8. The van der Waals surface area contributed by atoms with Crippen LogP contribution in [-0.4, -0.2) is 75.4 Å². The molecule has 1 aromatic carbocycles. The number of nitrogens with zero attached hydrogens (tertiary/aromatic N) is 4. The lowest BCUT2D eigenvalue weighted by atomic mass is 10.1. The summed E-state index contributed by atoms with van der Waals surface area (Å²) in [5.74, 6) is 1.44. The van der Waals surface area contributed by atoms with E-state index in [1.165, 1.54) is 24.0 Å². The number of carbonyl (C=O) groups excluding carboxylic acids is 2. The third-order valence-corrected chi connectivity index (χ3v) is 6.71. The Balaban J connectivity index is 1.58. The second-order valence-corrected chi connectivity index (χ2v) is 9.04. The molecule has 1 aromatic heterocycles. The summed E-state index contributed by atoms with van der Waals surface area (Å²) in [5.41, 5.74) is 1.41. The molecule has 0 aliphatic carbocycles. The predicted octanol–water partition coefficient (Wildman–Crippen LogP) is 2.90. The van der Waals surface area contributed by atoms with E-state index in [2.05, 4.69) is 27.2 Å². The molecule has 0 radical (unpaired) electrons. The van der Waals surface area contributed by atoms with Crippen molar-refractivity contribution in [2.45, 2.75) is 18.6 Å². The minimum Gasteiger partial charge on any atom is -0.495 e. The first kappa shape index (κ1) is 26.0. The fourth-order valence-corrected chi connectivity index (χ4v) is 4.74. The van der Waals surface area contributed by atoms with E-state index in [9.17, 15) is 9.59 Å². The molecule has 0 spiro atoms. The number of hydrogen-bond acceptors (Lipinski definition) is 9. The number of anilines is 3. The zero-order chi connectivity index (χ0) is 26.0. The molecule has 1 saturated heterocycles. The number of halogens is 2. The fourth-order valence-electron chi connectivity index (χ4n) is 4.03. The number of urea groups is 1. The molecule has 2 aromatic rings. The Labute approximate surface area is 218 Å². The average molecular weight is 537 g/mol. The van der Waals surface area contributed by atoms with Crippen LogP contribution in [0, 0.1) is 0 Å². The van der Waals surface area contributed by atoms with Crippen LogP contribution in [0.1, 0.15) is 5.56 Å². The maximum atomic E-state index is 13.4. The third-order valence-electron chi connectivity index (χ3n) is 5.98. The molecule has 1 fully saturated rings. The van der Waals surface area contributed by atoms with Crippen LogP contribution in [0.5, 0.6) is 11.5 Å². The van der Waals surface area contributed by atoms with Crippen LogP contribution in [0.4, 0.5) is 22.2 Å². The molecule has 2 atom stereocenters. The van der Waals surface area contributed by atoms with Gasteiger partial charge >= 0.3 is 6.03 Å². The SMILES string of the molecule is C=C(C=O)CN[C@H]1COC[C@H]1Nc1ncc2c(n1)N(C)C(=O)N(c1c(Cl)c(OC)cc(OC)c1Cl)C2. The molecule has 0 unspecified atom stereocenters. The van der Waals surface area contributed by atoms with Crippen molar-refractivity contribution >= 4 is 53.0 Å². The van der Waals surface area contributed by atoms with Crippen molar-refractivity contribution in [3.05, 3.63) is 40.0 Å². The highest BCUT2D eigenvalue weighted by Gasteiger charge is 2.35. The van der Waals surface area contributed by atoms with E-state index in [1.807, 2.05) is 0 Å². The quantitative estimate of drug-likeness (QED) is 0.368. The highest BCUT2D eigenvalue weighted by atomic mass is 35.5. The van der Waals surface area contributed by atoms with Crippen molar-refractivity contribution in [1.82, 2.24) is 15.3 Å². The Bertz CT molecular complexity index is 1170. The summed E-state index contributed by atoms with van der Waals surface area (Å²) in [6.07, 6.45) is 2.36. The number of aromatic nitrogens is 2. The van der Waals surface area contributed by atoms with E-state index in [1.54, 1.807) is 19.3 Å². The molecule has 36 heavy (non-hydrogen) atoms. The van der Waals surface area contributed by atoms with Crippen LogP contribution in [0.3, 0.4) is 0 Å². The molecule has 4 rings (SSSR count). The summed E-state index contributed by atoms with van der Waals surface area (Å²) in [7, 11) is 4.54. The van der Waals surface area contributed by atoms with Gasteiger partial charge in [-0.15, -0.1) is 0 Å². The predicted molar refractivity (Wildman–Crippen MR) is 137 cm³/mol. The molecule has 2 N–H and O–H groups in total. The van der Waals surface area contributed by atoms with E-state index in [4.69, 9.17) is 37.4 Å². The van der Waals surface area contributed by atoms with Crippen molar-refractivity contribution < 1.29 is 23.8 Å². The third kappa shape index (κ3) is 4.92. The molecule has 0 saturated carbocycles. The lowest BCUT2D eigenvalue weighted by Gasteiger charge is -2.35. The van der Waals surface area contributed by atoms with Crippen LogP contribution in [-0.2, 0) is 16.1 Å². The van der Waals surface area contributed by atoms with E-state index in [0.717, 1.165) is 6.29 Å². The molecule has 2 aliphatic heterocycles. The van der Waals surface area contributed by atoms with E-state index >= 15 is 0 Å². The normalized spacial score (nSPS) is 19.2. The van der Waals surface area contributed by atoms with Crippen molar-refractivity contribution in [3.8, 4) is 11.5 Å². The van der Waals surface area contributed by atoms with Gasteiger partial charge in [0.25, 0.3) is 0 Å². The lowest BCUT2D eigenvalue weighted by molar-refractivity contribution is -0.104. The maximum Gasteiger partial charge on any atom is 0.330 e. The van der Waals surface area contributed by atoms with Crippen LogP contribution >= 0.6 is 23.2 Å². The standard InChI is InChI=1S/C23H26Cl2N6O5/c1-12(9-32)6-26-14-10-36-11-15(14)28-22-27-7-13-8-31(23(33)30(2)21(13)29-22)20-18(24)16(34-3)5-17(35-4)19(20)25/h5,7,9,14-15,26H,1,6,8,10-11H2,2-4H3,(H,27,28,29)/t14-,15+/m0/s1. The van der Waals surface area contributed by atoms with Crippen molar-refractivity contribution in [1.29, 1.82) is 0 Å². The van der Waals surface area contributed by atoms with E-state index in [-0.39, 0.29) is 40.4 Å². The van der Waals surface area contributed by atoms with Gasteiger partial charge in [-0.05, 0) is 5.57 Å². The minimum atomic E-state index is -0.387. The zero-order valence-corrected chi connectivity index (χ0v) is 21.5. The van der Waals surface area contributed by atoms with E-state index in [0.29, 0.717) is 54.2 Å². The fraction of sp³-hybridized carbons (Fsp3) is 0.391. The Kier molecular flexibility index (Phi) is 7.84. The lowest BCUT2D eigenvalue weighted by Crippen LogP contribution is -2.46. The number of carbonyl (C=O) groups is 2. The van der Waals surface area contributed by atoms with Crippen molar-refractivity contribution in [2.24, 2.45) is 0 Å². The van der Waals surface area contributed by atoms with E-state index < -0.39 is 0 Å². The minimum absolute atomic E-state index is 0.0662. The molecule has 11 nitrogen and oxygen atoms in total. The van der Waals surface area contributed by atoms with Gasteiger partial charge in [0, 0.05) is 31.4 Å². The number of methoxy groups -OCH3 is 2. The number of nitrogens with one attached hydrogen (secondary N) is 2. The molecule has 13 heteroatoms. The van der Waals surface area contributed by atoms with Crippen LogP contribution in [0.2, 0.25) is 10.0 Å². The summed E-state index contributed by atoms with van der Waals surface area (Å²) in [4.78, 5) is 36.1. The topological polar surface area (TPSA) is 118 Å². The Morgan fingerprint density at radius 1 is 1.25 bits per heavy atom. The summed E-state index contributed by atoms with van der Waals surface area (Å²) in [6.45, 7) is 5.07. The Morgan fingerprint density at radius 2 is 1.92 bits per heavy atom. The number of aldehydes is 1. The molecular weight excluding hydrogens is 511 g/mol. The van der Waals surface area contributed by atoms with Gasteiger partial charge in [-0.1, -0.05) is 29.8 Å². The van der Waals surface area contributed by atoms with Crippen LogP contribution < -0.4 is 29.9 Å². The second kappa shape index (κ2) is 10.9. The maximum absolute atomic E-state index is 13.4. The van der Waals surface area contributed by atoms with Crippen LogP contribution in [0.15, 0.2) is 24.4 Å². The van der Waals surface area contributed by atoms with Gasteiger partial charge in [-0.2, -0.15) is 4.98 Å². The highest BCUT2D eigenvalue weighted by molar-refractivity contribution is 6.42. The summed E-state index contributed by atoms with van der Waals surface area (Å²) >= 11 is 13.1. The monoisotopic (exact) mass is 536 g/mol. The molecule has 0 bridgehead atoms. The van der Waals surface area contributed by atoms with Gasteiger partial charge in [-0.3, -0.25) is 14.6 Å². The van der Waals surface area contributed by atoms with Crippen LogP contribution in [0.25, 0.3) is 0 Å². The van der Waals surface area contributed by atoms with Gasteiger partial charge in [0.1, 0.15) is 33.6 Å². The first-order valence-electron chi connectivity index (χ1n) is 11.0. The number of hydrogen-bond donors (Lipinski definition) is 2. The second-order valence-electron chi connectivity index (χ2n) is 8.28. The number of amides is 2. The number of rotatable bonds is 9. The Morgan fingerprint density at radius 3 is 2.56 bits per heavy atom. The van der Waals surface area contributed by atoms with Gasteiger partial charge in [0.2, 0.25) is 5.95 Å². The Hall–Kier alpha value is -3.12. The van der Waals surface area contributed by atoms with Gasteiger partial charge in [0.05, 0.1) is 51.7 Å². The molecule has 192 valence electrons. The summed E-state index contributed by atoms with van der Waals surface area (Å²) in [5, 5.41) is 6.87. The summed E-state index contributed by atoms with van der Waals surface area (Å²) < 4.78 is 16.2. The molecule has 2 aliphatic rings. The number of fused-ring (bicyclic) bond motifs is 1. The van der Waals surface area contributed by atoms with Gasteiger partial charge in [0.15, 0.2) is 0 Å². The molecule has 2 amide bonds. The first-order chi connectivity index (χ1) is 17.3. The average Bonchev–Trinajstić information content (AvgIpc) is 3.32. The smallest absolute Gasteiger partial charge is 0.330 e. The number of benzene rings is 1. The molecular formula is C23H26Cl2N6O5. The van der Waals surface area contributed by atoms with Gasteiger partial charge < -0.3 is 24.8 Å². The van der Waals surface area contributed by atoms with Crippen molar-refractivity contribution in [3.63, 3.8) is 0 Å². The largest absolute Gasteiger partial charge is 0.495 e. The summed E-state index contributed by atoms with van der Waals surface area (Å²) in [6, 6.07) is 0.974. The zero-order valence-electron chi connectivity index (χ0n) is 20.0. The molecule has 3 heterocycles.